The number of hydrogen-bond acceptors (Lipinski definition) is 6. The number of carbonyl (C=O) groups excluding carboxylic acids is 1. The molecule has 0 unspecified atom stereocenters. The van der Waals surface area contributed by atoms with Gasteiger partial charge in [0.25, 0.3) is 10.1 Å². The highest BCUT2D eigenvalue weighted by Crippen LogP contribution is 2.32. The molecular formula is C18H18FIO7S. The van der Waals surface area contributed by atoms with Gasteiger partial charge < -0.3 is 14.6 Å². The highest BCUT2D eigenvalue weighted by Gasteiger charge is 2.21. The van der Waals surface area contributed by atoms with Crippen LogP contribution in [0.5, 0.6) is 17.2 Å². The van der Waals surface area contributed by atoms with E-state index < -0.39 is 28.5 Å². The number of benzene rings is 2. The molecule has 0 spiro atoms. The zero-order valence-electron chi connectivity index (χ0n) is 15.2. The van der Waals surface area contributed by atoms with Gasteiger partial charge in [0.2, 0.25) is 0 Å². The van der Waals surface area contributed by atoms with Crippen molar-refractivity contribution in [2.24, 2.45) is 0 Å². The predicted octanol–water partition coefficient (Wildman–Crippen LogP) is 3.80. The molecule has 2 aromatic rings. The number of halogens is 2. The van der Waals surface area contributed by atoms with Crippen LogP contribution in [0.2, 0.25) is 0 Å². The molecule has 2 rings (SSSR count). The van der Waals surface area contributed by atoms with Gasteiger partial charge in [-0.25, -0.2) is 9.18 Å². The lowest BCUT2D eigenvalue weighted by Crippen LogP contribution is -2.19. The Morgan fingerprint density at radius 3 is 2.43 bits per heavy atom. The van der Waals surface area contributed by atoms with Crippen LogP contribution in [0.25, 0.3) is 0 Å². The van der Waals surface area contributed by atoms with Crippen molar-refractivity contribution < 1.29 is 36.7 Å². The molecule has 0 radical (unpaired) electrons. The smallest absolute Gasteiger partial charge is 0.349 e. The molecule has 0 amide bonds. The summed E-state index contributed by atoms with van der Waals surface area (Å²) >= 11 is 1.71. The Morgan fingerprint density at radius 2 is 1.89 bits per heavy atom. The Hall–Kier alpha value is -1.92. The van der Waals surface area contributed by atoms with Gasteiger partial charge in [0.05, 0.1) is 8.47 Å². The quantitative estimate of drug-likeness (QED) is 0.256. The molecule has 0 aliphatic rings. The lowest BCUT2D eigenvalue weighted by atomic mass is 10.0. The Bertz CT molecular complexity index is 996. The third-order valence-corrected chi connectivity index (χ3v) is 5.46. The maximum absolute atomic E-state index is 13.8. The maximum Gasteiger partial charge on any atom is 0.349 e. The van der Waals surface area contributed by atoms with E-state index in [0.717, 1.165) is 6.07 Å². The SMILES string of the molecule is Cc1cc(S(=O)(=O)O)c(C(C)C)cc1OCC(=O)Oc1c(F)cc(O)cc1I. The van der Waals surface area contributed by atoms with Gasteiger partial charge >= 0.3 is 5.97 Å². The van der Waals surface area contributed by atoms with E-state index in [9.17, 15) is 27.3 Å². The number of ether oxygens (including phenoxy) is 2. The van der Waals surface area contributed by atoms with Crippen molar-refractivity contribution in [3.63, 3.8) is 0 Å². The van der Waals surface area contributed by atoms with Crippen LogP contribution in [0.1, 0.15) is 30.9 Å². The summed E-state index contributed by atoms with van der Waals surface area (Å²) in [6.07, 6.45) is 0. The molecule has 10 heteroatoms. The molecule has 2 aromatic carbocycles. The molecule has 28 heavy (non-hydrogen) atoms. The van der Waals surface area contributed by atoms with Crippen LogP contribution in [-0.2, 0) is 14.9 Å². The molecule has 0 heterocycles. The molecule has 0 bridgehead atoms. The maximum atomic E-state index is 13.8. The van der Waals surface area contributed by atoms with Crippen molar-refractivity contribution in [3.8, 4) is 17.2 Å². The van der Waals surface area contributed by atoms with E-state index in [4.69, 9.17) is 9.47 Å². The summed E-state index contributed by atoms with van der Waals surface area (Å²) < 4.78 is 56.9. The van der Waals surface area contributed by atoms with E-state index in [1.165, 1.54) is 18.2 Å². The first-order chi connectivity index (χ1) is 12.9. The summed E-state index contributed by atoms with van der Waals surface area (Å²) in [7, 11) is -4.41. The minimum Gasteiger partial charge on any atom is -0.508 e. The zero-order valence-corrected chi connectivity index (χ0v) is 18.2. The standard InChI is InChI=1S/C18H18FIO7S/c1-9(2)12-7-15(10(3)4-16(12)28(23,24)25)26-8-17(22)27-18-13(19)5-11(21)6-14(18)20/h4-7,9,21H,8H2,1-3H3,(H,23,24,25). The normalized spacial score (nSPS) is 11.5. The van der Waals surface area contributed by atoms with Gasteiger partial charge in [0.15, 0.2) is 18.2 Å². The van der Waals surface area contributed by atoms with E-state index in [2.05, 4.69) is 0 Å². The highest BCUT2D eigenvalue weighted by molar-refractivity contribution is 14.1. The number of rotatable bonds is 6. The van der Waals surface area contributed by atoms with Crippen molar-refractivity contribution in [1.29, 1.82) is 0 Å². The molecule has 0 aliphatic heterocycles. The largest absolute Gasteiger partial charge is 0.508 e. The number of aryl methyl sites for hydroxylation is 1. The van der Waals surface area contributed by atoms with Crippen LogP contribution < -0.4 is 9.47 Å². The first kappa shape index (κ1) is 22.4. The van der Waals surface area contributed by atoms with Gasteiger partial charge in [0, 0.05) is 6.07 Å². The van der Waals surface area contributed by atoms with Crippen molar-refractivity contribution in [2.75, 3.05) is 6.61 Å². The van der Waals surface area contributed by atoms with Gasteiger partial charge in [-0.1, -0.05) is 13.8 Å². The van der Waals surface area contributed by atoms with Gasteiger partial charge in [-0.2, -0.15) is 8.42 Å². The van der Waals surface area contributed by atoms with Crippen molar-refractivity contribution in [1.82, 2.24) is 0 Å². The summed E-state index contributed by atoms with van der Waals surface area (Å²) in [6.45, 7) is 4.49. The summed E-state index contributed by atoms with van der Waals surface area (Å²) in [5.74, 6) is -2.41. The second-order valence-electron chi connectivity index (χ2n) is 6.29. The molecule has 7 nitrogen and oxygen atoms in total. The van der Waals surface area contributed by atoms with E-state index >= 15 is 0 Å². The molecule has 0 aliphatic carbocycles. The van der Waals surface area contributed by atoms with Crippen molar-refractivity contribution in [2.45, 2.75) is 31.6 Å². The highest BCUT2D eigenvalue weighted by atomic mass is 127. The van der Waals surface area contributed by atoms with E-state index in [-0.39, 0.29) is 31.6 Å². The third-order valence-electron chi connectivity index (χ3n) is 3.75. The van der Waals surface area contributed by atoms with Gasteiger partial charge in [0.1, 0.15) is 11.5 Å². The third kappa shape index (κ3) is 5.32. The van der Waals surface area contributed by atoms with Crippen LogP contribution >= 0.6 is 22.6 Å². The molecule has 0 aromatic heterocycles. The van der Waals surface area contributed by atoms with Crippen molar-refractivity contribution >= 4 is 38.7 Å². The van der Waals surface area contributed by atoms with Crippen LogP contribution in [0.3, 0.4) is 0 Å². The van der Waals surface area contributed by atoms with E-state index in [1.54, 1.807) is 43.4 Å². The van der Waals surface area contributed by atoms with Crippen LogP contribution in [0.15, 0.2) is 29.2 Å². The molecular weight excluding hydrogens is 506 g/mol. The van der Waals surface area contributed by atoms with Gasteiger partial charge in [-0.05, 0) is 64.8 Å². The van der Waals surface area contributed by atoms with Crippen LogP contribution in [0.4, 0.5) is 4.39 Å². The number of carbonyl (C=O) groups is 1. The predicted molar refractivity (Wildman–Crippen MR) is 107 cm³/mol. The van der Waals surface area contributed by atoms with Gasteiger partial charge in [-0.15, -0.1) is 0 Å². The lowest BCUT2D eigenvalue weighted by molar-refractivity contribution is -0.136. The number of hydrogen-bond donors (Lipinski definition) is 2. The second kappa shape index (κ2) is 8.62. The molecule has 0 atom stereocenters. The Balaban J connectivity index is 2.21. The molecule has 0 fully saturated rings. The van der Waals surface area contributed by atoms with E-state index in [1.807, 2.05) is 0 Å². The molecule has 0 saturated carbocycles. The van der Waals surface area contributed by atoms with Gasteiger partial charge in [-0.3, -0.25) is 4.55 Å². The molecule has 2 N–H and O–H groups in total. The fourth-order valence-electron chi connectivity index (χ4n) is 2.43. The second-order valence-corrected chi connectivity index (χ2v) is 8.84. The lowest BCUT2D eigenvalue weighted by Gasteiger charge is -2.16. The Labute approximate surface area is 175 Å². The summed E-state index contributed by atoms with van der Waals surface area (Å²) in [5.41, 5.74) is 0.714. The summed E-state index contributed by atoms with van der Waals surface area (Å²) in [6, 6.07) is 4.74. The topological polar surface area (TPSA) is 110 Å². The summed E-state index contributed by atoms with van der Waals surface area (Å²) in [4.78, 5) is 11.8. The number of phenolic OH excluding ortho intramolecular Hbond substituents is 1. The van der Waals surface area contributed by atoms with Crippen LogP contribution in [0, 0.1) is 16.3 Å². The number of aromatic hydroxyl groups is 1. The first-order valence-corrected chi connectivity index (χ1v) is 10.6. The van der Waals surface area contributed by atoms with Crippen molar-refractivity contribution in [3.05, 3.63) is 44.8 Å². The number of phenols is 1. The van der Waals surface area contributed by atoms with E-state index in [0.29, 0.717) is 11.1 Å². The fourth-order valence-corrected chi connectivity index (χ4v) is 4.04. The number of esters is 1. The Kier molecular flexibility index (Phi) is 6.88. The summed E-state index contributed by atoms with van der Waals surface area (Å²) in [5, 5.41) is 9.31. The minimum absolute atomic E-state index is 0.208. The molecule has 0 saturated heterocycles. The average Bonchev–Trinajstić information content (AvgIpc) is 2.55. The Morgan fingerprint density at radius 1 is 1.25 bits per heavy atom. The monoisotopic (exact) mass is 524 g/mol. The minimum atomic E-state index is -4.41. The average molecular weight is 524 g/mol. The first-order valence-electron chi connectivity index (χ1n) is 8.03. The molecule has 152 valence electrons. The zero-order chi connectivity index (χ0) is 21.2. The fraction of sp³-hybridized carbons (Fsp3) is 0.278. The van der Waals surface area contributed by atoms with Crippen LogP contribution in [-0.4, -0.2) is 30.7 Å².